The maximum atomic E-state index is 9.22. The summed E-state index contributed by atoms with van der Waals surface area (Å²) in [6.07, 6.45) is 10.4. The molecule has 1 aromatic carbocycles. The number of fused-ring (bicyclic) bond motifs is 1. The fourth-order valence-electron chi connectivity index (χ4n) is 3.63. The van der Waals surface area contributed by atoms with Crippen LogP contribution >= 0.6 is 0 Å². The van der Waals surface area contributed by atoms with Gasteiger partial charge in [-0.25, -0.2) is 24.3 Å². The number of rotatable bonds is 9. The Balaban J connectivity index is 1.34. The first kappa shape index (κ1) is 20.7. The number of anilines is 2. The Kier molecular flexibility index (Phi) is 5.70. The van der Waals surface area contributed by atoms with Crippen LogP contribution in [-0.4, -0.2) is 50.8 Å². The van der Waals surface area contributed by atoms with Crippen LogP contribution in [-0.2, 0) is 19.8 Å². The van der Waals surface area contributed by atoms with E-state index in [-0.39, 0.29) is 13.3 Å². The van der Waals surface area contributed by atoms with Crippen molar-refractivity contribution in [2.45, 2.75) is 19.8 Å². The second-order valence-electron chi connectivity index (χ2n) is 7.38. The fraction of sp³-hybridized carbons (Fsp3) is 0.182. The zero-order valence-corrected chi connectivity index (χ0v) is 17.7. The van der Waals surface area contributed by atoms with Crippen LogP contribution in [0.15, 0.2) is 67.6 Å². The minimum absolute atomic E-state index is 0.0233. The lowest BCUT2D eigenvalue weighted by Gasteiger charge is -2.11. The molecule has 4 N–H and O–H groups in total. The predicted molar refractivity (Wildman–Crippen MR) is 123 cm³/mol. The number of imidazole rings is 1. The molecule has 0 atom stereocenters. The minimum Gasteiger partial charge on any atom is -0.395 e. The van der Waals surface area contributed by atoms with Gasteiger partial charge in [-0.2, -0.15) is 5.10 Å². The van der Waals surface area contributed by atoms with Gasteiger partial charge in [-0.15, -0.1) is 0 Å². The van der Waals surface area contributed by atoms with E-state index in [9.17, 15) is 10.2 Å². The van der Waals surface area contributed by atoms with E-state index >= 15 is 0 Å². The van der Waals surface area contributed by atoms with Crippen LogP contribution in [0.5, 0.6) is 0 Å². The van der Waals surface area contributed by atoms with E-state index in [1.807, 2.05) is 45.9 Å². The number of hydrogen-bond acceptors (Lipinski definition) is 8. The summed E-state index contributed by atoms with van der Waals surface area (Å²) >= 11 is 0. The summed E-state index contributed by atoms with van der Waals surface area (Å²) in [6.45, 7) is 0.901. The lowest BCUT2D eigenvalue weighted by atomic mass is 10.1. The number of aliphatic hydroxyl groups excluding tert-OH is 2. The quantitative estimate of drug-likeness (QED) is 0.271. The van der Waals surface area contributed by atoms with Crippen LogP contribution in [0, 0.1) is 0 Å². The zero-order valence-electron chi connectivity index (χ0n) is 17.7. The van der Waals surface area contributed by atoms with Crippen LogP contribution in [0.4, 0.5) is 11.8 Å². The molecule has 5 rings (SSSR count). The lowest BCUT2D eigenvalue weighted by Crippen LogP contribution is -2.14. The first-order valence-electron chi connectivity index (χ1n) is 10.4. The van der Waals surface area contributed by atoms with Gasteiger partial charge >= 0.3 is 0 Å². The van der Waals surface area contributed by atoms with Gasteiger partial charge in [-0.3, -0.25) is 0 Å². The standard InChI is InChI=1S/C22H23N9O2/c32-9-8-29-7-5-23-22(29)28-20-19-4-6-31(21(19)25-14-24-20)27-11-16-2-1-3-17(10-16)18-12-26-30(13-18)15-33/h1-7,10,12-14,27,32-33H,8-9,11,15H2,(H,23,24,25,28). The highest BCUT2D eigenvalue weighted by molar-refractivity contribution is 5.88. The van der Waals surface area contributed by atoms with Crippen LogP contribution in [0.1, 0.15) is 5.56 Å². The molecule has 168 valence electrons. The number of benzene rings is 1. The van der Waals surface area contributed by atoms with Gasteiger partial charge in [-0.1, -0.05) is 18.2 Å². The van der Waals surface area contributed by atoms with E-state index in [1.165, 1.54) is 11.0 Å². The van der Waals surface area contributed by atoms with Crippen molar-refractivity contribution in [3.05, 3.63) is 73.2 Å². The number of aliphatic hydroxyl groups is 2. The van der Waals surface area contributed by atoms with Crippen LogP contribution in [0.2, 0.25) is 0 Å². The van der Waals surface area contributed by atoms with Crippen molar-refractivity contribution in [3.8, 4) is 11.1 Å². The summed E-state index contributed by atoms with van der Waals surface area (Å²) in [4.78, 5) is 13.1. The molecular formula is C22H23N9O2. The normalized spacial score (nSPS) is 11.2. The van der Waals surface area contributed by atoms with E-state index in [0.29, 0.717) is 24.9 Å². The number of hydrogen-bond donors (Lipinski definition) is 4. The molecule has 0 bridgehead atoms. The van der Waals surface area contributed by atoms with Crippen molar-refractivity contribution in [2.24, 2.45) is 0 Å². The topological polar surface area (TPSA) is 131 Å². The van der Waals surface area contributed by atoms with Gasteiger partial charge in [0, 0.05) is 36.9 Å². The first-order chi connectivity index (χ1) is 16.2. The molecule has 0 unspecified atom stereocenters. The maximum absolute atomic E-state index is 9.22. The SMILES string of the molecule is OCCn1ccnc1Nc1ncnc2c1ccn2NCc1cccc(-c2cnn(CO)c2)c1. The van der Waals surface area contributed by atoms with E-state index in [1.54, 1.807) is 18.6 Å². The third-order valence-electron chi connectivity index (χ3n) is 5.26. The Morgan fingerprint density at radius 1 is 1.00 bits per heavy atom. The largest absolute Gasteiger partial charge is 0.395 e. The van der Waals surface area contributed by atoms with Crippen molar-refractivity contribution < 1.29 is 10.2 Å². The van der Waals surface area contributed by atoms with Crippen LogP contribution in [0.3, 0.4) is 0 Å². The molecule has 11 heteroatoms. The van der Waals surface area contributed by atoms with Gasteiger partial charge in [0.2, 0.25) is 5.95 Å². The summed E-state index contributed by atoms with van der Waals surface area (Å²) < 4.78 is 5.16. The Hall–Kier alpha value is -4.22. The smallest absolute Gasteiger partial charge is 0.208 e. The molecular weight excluding hydrogens is 422 g/mol. The molecule has 0 saturated heterocycles. The summed E-state index contributed by atoms with van der Waals surface area (Å²) in [5, 5.41) is 26.6. The molecule has 5 aromatic rings. The lowest BCUT2D eigenvalue weighted by molar-refractivity contribution is 0.195. The maximum Gasteiger partial charge on any atom is 0.208 e. The molecule has 0 saturated carbocycles. The average molecular weight is 445 g/mol. The molecule has 0 amide bonds. The third-order valence-corrected chi connectivity index (χ3v) is 5.26. The zero-order chi connectivity index (χ0) is 22.6. The summed E-state index contributed by atoms with van der Waals surface area (Å²) in [5.74, 6) is 1.24. The number of nitrogens with one attached hydrogen (secondary N) is 2. The first-order valence-corrected chi connectivity index (χ1v) is 10.4. The van der Waals surface area contributed by atoms with Gasteiger partial charge < -0.3 is 25.5 Å². The Morgan fingerprint density at radius 3 is 2.79 bits per heavy atom. The van der Waals surface area contributed by atoms with Gasteiger partial charge in [-0.05, 0) is 23.3 Å². The molecule has 4 aromatic heterocycles. The van der Waals surface area contributed by atoms with Crippen molar-refractivity contribution in [2.75, 3.05) is 17.3 Å². The summed E-state index contributed by atoms with van der Waals surface area (Å²) in [7, 11) is 0. The molecule has 0 aliphatic heterocycles. The van der Waals surface area contributed by atoms with E-state index in [4.69, 9.17) is 0 Å². The fourth-order valence-corrected chi connectivity index (χ4v) is 3.63. The van der Waals surface area contributed by atoms with Crippen molar-refractivity contribution in [3.63, 3.8) is 0 Å². The number of aromatic nitrogens is 7. The van der Waals surface area contributed by atoms with Crippen LogP contribution in [0.25, 0.3) is 22.2 Å². The summed E-state index contributed by atoms with van der Waals surface area (Å²) in [5.41, 5.74) is 7.17. The minimum atomic E-state index is -0.149. The molecule has 11 nitrogen and oxygen atoms in total. The monoisotopic (exact) mass is 445 g/mol. The predicted octanol–water partition coefficient (Wildman–Crippen LogP) is 1.92. The van der Waals surface area contributed by atoms with Crippen molar-refractivity contribution in [1.82, 2.24) is 34.0 Å². The second-order valence-corrected chi connectivity index (χ2v) is 7.38. The van der Waals surface area contributed by atoms with Gasteiger partial charge in [0.1, 0.15) is 18.9 Å². The molecule has 0 fully saturated rings. The van der Waals surface area contributed by atoms with E-state index in [0.717, 1.165) is 27.7 Å². The highest BCUT2D eigenvalue weighted by atomic mass is 16.3. The highest BCUT2D eigenvalue weighted by Gasteiger charge is 2.11. The molecule has 0 radical (unpaired) electrons. The van der Waals surface area contributed by atoms with Crippen LogP contribution < -0.4 is 10.7 Å². The Bertz CT molecular complexity index is 1370. The molecule has 33 heavy (non-hydrogen) atoms. The van der Waals surface area contributed by atoms with Crippen molar-refractivity contribution in [1.29, 1.82) is 0 Å². The Labute approximate surface area is 189 Å². The highest BCUT2D eigenvalue weighted by Crippen LogP contribution is 2.23. The van der Waals surface area contributed by atoms with E-state index in [2.05, 4.69) is 36.9 Å². The van der Waals surface area contributed by atoms with Gasteiger partial charge in [0.05, 0.1) is 24.7 Å². The third kappa shape index (κ3) is 4.27. The van der Waals surface area contributed by atoms with Gasteiger partial charge in [0.25, 0.3) is 0 Å². The molecule has 0 spiro atoms. The van der Waals surface area contributed by atoms with Crippen molar-refractivity contribution >= 4 is 22.8 Å². The summed E-state index contributed by atoms with van der Waals surface area (Å²) in [6, 6.07) is 10.1. The molecule has 4 heterocycles. The van der Waals surface area contributed by atoms with E-state index < -0.39 is 0 Å². The number of nitrogens with zero attached hydrogens (tertiary/aromatic N) is 7. The van der Waals surface area contributed by atoms with Gasteiger partial charge in [0.15, 0.2) is 5.65 Å². The average Bonchev–Trinajstić information content (AvgIpc) is 3.59. The molecule has 0 aliphatic rings. The second kappa shape index (κ2) is 9.10. The molecule has 0 aliphatic carbocycles. The Morgan fingerprint density at radius 2 is 1.94 bits per heavy atom.